The molecule has 2 rings (SSSR count). The standard InChI is InChI=1S/C14H21FN2/c1-2-17(11-12-4-3-9-16-10-12)14-7-5-13(15)6-8-14/h5-8,12,16H,2-4,9-11H2,1H3. The first-order valence-electron chi connectivity index (χ1n) is 6.51. The lowest BCUT2D eigenvalue weighted by Crippen LogP contribution is -2.38. The van der Waals surface area contributed by atoms with E-state index in [2.05, 4.69) is 17.1 Å². The number of hydrogen-bond donors (Lipinski definition) is 1. The molecule has 0 bridgehead atoms. The van der Waals surface area contributed by atoms with E-state index in [1.807, 2.05) is 12.1 Å². The van der Waals surface area contributed by atoms with E-state index >= 15 is 0 Å². The average molecular weight is 236 g/mol. The van der Waals surface area contributed by atoms with E-state index in [1.165, 1.54) is 25.0 Å². The maximum absolute atomic E-state index is 12.9. The highest BCUT2D eigenvalue weighted by Crippen LogP contribution is 2.19. The molecule has 1 heterocycles. The van der Waals surface area contributed by atoms with Crippen LogP contribution in [0.3, 0.4) is 0 Å². The minimum atomic E-state index is -0.163. The van der Waals surface area contributed by atoms with Gasteiger partial charge in [0.1, 0.15) is 5.82 Å². The molecule has 94 valence electrons. The Kier molecular flexibility index (Phi) is 4.37. The summed E-state index contributed by atoms with van der Waals surface area (Å²) >= 11 is 0. The van der Waals surface area contributed by atoms with Crippen LogP contribution in [0.15, 0.2) is 24.3 Å². The molecule has 0 saturated carbocycles. The molecule has 1 atom stereocenters. The lowest BCUT2D eigenvalue weighted by molar-refractivity contribution is 0.378. The highest BCUT2D eigenvalue weighted by Gasteiger charge is 2.16. The fourth-order valence-corrected chi connectivity index (χ4v) is 2.46. The van der Waals surface area contributed by atoms with Gasteiger partial charge in [0.15, 0.2) is 0 Å². The number of anilines is 1. The fraction of sp³-hybridized carbons (Fsp3) is 0.571. The second kappa shape index (κ2) is 6.01. The van der Waals surface area contributed by atoms with Crippen LogP contribution in [0.1, 0.15) is 19.8 Å². The predicted octanol–water partition coefficient (Wildman–Crippen LogP) is 2.65. The number of piperidine rings is 1. The van der Waals surface area contributed by atoms with Gasteiger partial charge in [-0.3, -0.25) is 0 Å². The monoisotopic (exact) mass is 236 g/mol. The highest BCUT2D eigenvalue weighted by molar-refractivity contribution is 5.46. The van der Waals surface area contributed by atoms with Crippen LogP contribution in [0, 0.1) is 11.7 Å². The van der Waals surface area contributed by atoms with Gasteiger partial charge in [-0.25, -0.2) is 4.39 Å². The lowest BCUT2D eigenvalue weighted by atomic mass is 9.99. The van der Waals surface area contributed by atoms with Crippen molar-refractivity contribution in [2.24, 2.45) is 5.92 Å². The van der Waals surface area contributed by atoms with Crippen molar-refractivity contribution in [3.63, 3.8) is 0 Å². The first kappa shape index (κ1) is 12.4. The Labute approximate surface area is 103 Å². The molecule has 0 aliphatic carbocycles. The molecule has 0 radical (unpaired) electrons. The molecule has 1 fully saturated rings. The number of nitrogens with one attached hydrogen (secondary N) is 1. The van der Waals surface area contributed by atoms with E-state index in [1.54, 1.807) is 0 Å². The molecule has 0 spiro atoms. The second-order valence-corrected chi connectivity index (χ2v) is 4.73. The normalized spacial score (nSPS) is 20.2. The number of rotatable bonds is 4. The molecule has 3 heteroatoms. The molecule has 1 unspecified atom stereocenters. The summed E-state index contributed by atoms with van der Waals surface area (Å²) in [5.74, 6) is 0.554. The van der Waals surface area contributed by atoms with Crippen molar-refractivity contribution in [2.75, 3.05) is 31.1 Å². The first-order chi connectivity index (χ1) is 8.29. The van der Waals surface area contributed by atoms with Crippen molar-refractivity contribution in [3.8, 4) is 0 Å². The summed E-state index contributed by atoms with van der Waals surface area (Å²) in [6.45, 7) is 6.45. The van der Waals surface area contributed by atoms with Gasteiger partial charge in [0.25, 0.3) is 0 Å². The van der Waals surface area contributed by atoms with Crippen LogP contribution in [0.4, 0.5) is 10.1 Å². The molecule has 0 aromatic heterocycles. The summed E-state index contributed by atoms with van der Waals surface area (Å²) in [4.78, 5) is 2.33. The van der Waals surface area contributed by atoms with E-state index in [0.29, 0.717) is 5.92 Å². The molecule has 0 amide bonds. The Morgan fingerprint density at radius 1 is 1.35 bits per heavy atom. The van der Waals surface area contributed by atoms with Gasteiger partial charge in [-0.05, 0) is 63.0 Å². The molecule has 1 aliphatic heterocycles. The zero-order valence-electron chi connectivity index (χ0n) is 10.5. The van der Waals surface area contributed by atoms with Crippen molar-refractivity contribution in [3.05, 3.63) is 30.1 Å². The smallest absolute Gasteiger partial charge is 0.123 e. The van der Waals surface area contributed by atoms with E-state index in [0.717, 1.165) is 31.9 Å². The predicted molar refractivity (Wildman–Crippen MR) is 69.9 cm³/mol. The van der Waals surface area contributed by atoms with Crippen LogP contribution < -0.4 is 10.2 Å². The van der Waals surface area contributed by atoms with Gasteiger partial charge in [-0.2, -0.15) is 0 Å². The van der Waals surface area contributed by atoms with Crippen LogP contribution in [-0.4, -0.2) is 26.2 Å². The molecule has 1 N–H and O–H groups in total. The molecule has 1 aromatic carbocycles. The quantitative estimate of drug-likeness (QED) is 0.864. The van der Waals surface area contributed by atoms with Crippen LogP contribution >= 0.6 is 0 Å². The minimum Gasteiger partial charge on any atom is -0.371 e. The molecule has 1 aliphatic rings. The Balaban J connectivity index is 1.97. The van der Waals surface area contributed by atoms with Crippen molar-refractivity contribution >= 4 is 5.69 Å². The fourth-order valence-electron chi connectivity index (χ4n) is 2.46. The van der Waals surface area contributed by atoms with Gasteiger partial charge >= 0.3 is 0 Å². The van der Waals surface area contributed by atoms with E-state index in [-0.39, 0.29) is 5.82 Å². The third kappa shape index (κ3) is 3.43. The third-order valence-corrected chi connectivity index (χ3v) is 3.45. The summed E-state index contributed by atoms with van der Waals surface area (Å²) in [7, 11) is 0. The molecular weight excluding hydrogens is 215 g/mol. The van der Waals surface area contributed by atoms with Crippen LogP contribution in [-0.2, 0) is 0 Å². The van der Waals surface area contributed by atoms with Gasteiger partial charge in [0, 0.05) is 18.8 Å². The van der Waals surface area contributed by atoms with E-state index in [4.69, 9.17) is 0 Å². The van der Waals surface area contributed by atoms with Crippen LogP contribution in [0.5, 0.6) is 0 Å². The topological polar surface area (TPSA) is 15.3 Å². The van der Waals surface area contributed by atoms with Gasteiger partial charge in [0.05, 0.1) is 0 Å². The number of halogens is 1. The Morgan fingerprint density at radius 2 is 2.12 bits per heavy atom. The Hall–Kier alpha value is -1.09. The van der Waals surface area contributed by atoms with Crippen molar-refractivity contribution in [1.82, 2.24) is 5.32 Å². The highest BCUT2D eigenvalue weighted by atomic mass is 19.1. The van der Waals surface area contributed by atoms with Gasteiger partial charge in [0.2, 0.25) is 0 Å². The largest absolute Gasteiger partial charge is 0.371 e. The summed E-state index contributed by atoms with van der Waals surface area (Å²) in [6.07, 6.45) is 2.57. The summed E-state index contributed by atoms with van der Waals surface area (Å²) in [6, 6.07) is 6.82. The summed E-state index contributed by atoms with van der Waals surface area (Å²) in [5.41, 5.74) is 1.12. The maximum atomic E-state index is 12.9. The van der Waals surface area contributed by atoms with Crippen LogP contribution in [0.25, 0.3) is 0 Å². The first-order valence-corrected chi connectivity index (χ1v) is 6.51. The van der Waals surface area contributed by atoms with Gasteiger partial charge < -0.3 is 10.2 Å². The van der Waals surface area contributed by atoms with E-state index in [9.17, 15) is 4.39 Å². The third-order valence-electron chi connectivity index (χ3n) is 3.45. The molecular formula is C14H21FN2. The number of nitrogens with zero attached hydrogens (tertiary/aromatic N) is 1. The van der Waals surface area contributed by atoms with Gasteiger partial charge in [-0.1, -0.05) is 0 Å². The maximum Gasteiger partial charge on any atom is 0.123 e. The van der Waals surface area contributed by atoms with Crippen LogP contribution in [0.2, 0.25) is 0 Å². The second-order valence-electron chi connectivity index (χ2n) is 4.73. The number of hydrogen-bond acceptors (Lipinski definition) is 2. The minimum absolute atomic E-state index is 0.163. The Bertz CT molecular complexity index is 331. The number of benzene rings is 1. The molecule has 2 nitrogen and oxygen atoms in total. The van der Waals surface area contributed by atoms with E-state index < -0.39 is 0 Å². The Morgan fingerprint density at radius 3 is 2.71 bits per heavy atom. The lowest BCUT2D eigenvalue weighted by Gasteiger charge is -2.31. The summed E-state index contributed by atoms with van der Waals surface area (Å²) < 4.78 is 12.9. The zero-order valence-corrected chi connectivity index (χ0v) is 10.5. The molecule has 17 heavy (non-hydrogen) atoms. The molecule has 1 aromatic rings. The van der Waals surface area contributed by atoms with Crippen molar-refractivity contribution in [2.45, 2.75) is 19.8 Å². The summed E-state index contributed by atoms with van der Waals surface area (Å²) in [5, 5.41) is 3.44. The average Bonchev–Trinajstić information content (AvgIpc) is 2.38. The SMILES string of the molecule is CCN(CC1CCCNC1)c1ccc(F)cc1. The zero-order chi connectivity index (χ0) is 12.1. The van der Waals surface area contributed by atoms with Gasteiger partial charge in [-0.15, -0.1) is 0 Å². The molecule has 1 saturated heterocycles. The van der Waals surface area contributed by atoms with Crippen molar-refractivity contribution < 1.29 is 4.39 Å². The van der Waals surface area contributed by atoms with Crippen molar-refractivity contribution in [1.29, 1.82) is 0 Å².